The molecule has 0 radical (unpaired) electrons. The van der Waals surface area contributed by atoms with Crippen LogP contribution in [0.2, 0.25) is 0 Å². The molecule has 0 spiro atoms. The molecular weight excluding hydrogens is 276 g/mol. The van der Waals surface area contributed by atoms with Crippen LogP contribution in [0.25, 0.3) is 0 Å². The number of nitrogens with one attached hydrogen (secondary N) is 1. The number of nitrogens with zero attached hydrogens (tertiary/aromatic N) is 2. The van der Waals surface area contributed by atoms with Crippen molar-refractivity contribution in [3.8, 4) is 6.07 Å². The molecule has 3 N–H and O–H groups in total. The molecule has 20 heavy (non-hydrogen) atoms. The van der Waals surface area contributed by atoms with Crippen LogP contribution >= 0.6 is 0 Å². The maximum absolute atomic E-state index is 12.3. The van der Waals surface area contributed by atoms with Crippen LogP contribution in [-0.2, 0) is 10.0 Å². The largest absolute Gasteiger partial charge is 0.397 e. The summed E-state index contributed by atoms with van der Waals surface area (Å²) in [6.07, 6.45) is 1.36. The molecule has 1 aromatic heterocycles. The monoisotopic (exact) mass is 288 g/mol. The van der Waals surface area contributed by atoms with Gasteiger partial charge in [-0.3, -0.25) is 4.72 Å². The predicted octanol–water partition coefficient (Wildman–Crippen LogP) is 1.64. The van der Waals surface area contributed by atoms with E-state index in [4.69, 9.17) is 11.0 Å². The summed E-state index contributed by atoms with van der Waals surface area (Å²) in [5.74, 6) is 0.168. The summed E-state index contributed by atoms with van der Waals surface area (Å²) in [6, 6.07) is 9.41. The van der Waals surface area contributed by atoms with Crippen molar-refractivity contribution in [3.63, 3.8) is 0 Å². The molecule has 102 valence electrons. The van der Waals surface area contributed by atoms with Gasteiger partial charge in [-0.15, -0.1) is 0 Å². The van der Waals surface area contributed by atoms with Crippen molar-refractivity contribution in [2.45, 2.75) is 11.8 Å². The van der Waals surface area contributed by atoms with E-state index < -0.39 is 10.0 Å². The maximum Gasteiger partial charge on any atom is 0.263 e. The molecule has 0 saturated carbocycles. The normalized spacial score (nSPS) is 10.8. The number of hydrogen-bond donors (Lipinski definition) is 2. The molecule has 2 rings (SSSR count). The van der Waals surface area contributed by atoms with Gasteiger partial charge in [0.15, 0.2) is 0 Å². The number of nitrogen functional groups attached to an aromatic ring is 1. The highest BCUT2D eigenvalue weighted by Crippen LogP contribution is 2.20. The first-order chi connectivity index (χ1) is 9.42. The lowest BCUT2D eigenvalue weighted by atomic mass is 10.2. The number of aryl methyl sites for hydroxylation is 1. The van der Waals surface area contributed by atoms with E-state index >= 15 is 0 Å². The molecule has 0 amide bonds. The van der Waals surface area contributed by atoms with Gasteiger partial charge in [-0.05, 0) is 36.8 Å². The van der Waals surface area contributed by atoms with Crippen molar-refractivity contribution in [2.75, 3.05) is 10.5 Å². The molecule has 0 saturated heterocycles. The number of rotatable bonds is 3. The van der Waals surface area contributed by atoms with Crippen LogP contribution in [0.5, 0.6) is 0 Å². The zero-order valence-corrected chi connectivity index (χ0v) is 11.5. The lowest BCUT2D eigenvalue weighted by molar-refractivity contribution is 0.600. The van der Waals surface area contributed by atoms with E-state index in [1.54, 1.807) is 25.1 Å². The highest BCUT2D eigenvalue weighted by Gasteiger charge is 2.18. The quantitative estimate of drug-likeness (QED) is 0.892. The van der Waals surface area contributed by atoms with Gasteiger partial charge in [-0.25, -0.2) is 13.4 Å². The lowest BCUT2D eigenvalue weighted by Gasteiger charge is -2.10. The molecule has 0 aliphatic rings. The molecule has 0 fully saturated rings. The second-order valence-corrected chi connectivity index (χ2v) is 5.83. The minimum absolute atomic E-state index is 0.0511. The Morgan fingerprint density at radius 1 is 1.30 bits per heavy atom. The fourth-order valence-corrected chi connectivity index (χ4v) is 2.90. The van der Waals surface area contributed by atoms with Crippen molar-refractivity contribution in [2.24, 2.45) is 0 Å². The topological polar surface area (TPSA) is 109 Å². The molecule has 0 unspecified atom stereocenters. The summed E-state index contributed by atoms with van der Waals surface area (Å²) in [5.41, 5.74) is 6.76. The fraction of sp³-hybridized carbons (Fsp3) is 0.0769. The number of benzene rings is 1. The third-order valence-electron chi connectivity index (χ3n) is 2.63. The van der Waals surface area contributed by atoms with Gasteiger partial charge in [0.25, 0.3) is 10.0 Å². The van der Waals surface area contributed by atoms with Crippen molar-refractivity contribution >= 4 is 21.5 Å². The number of pyridine rings is 1. The lowest BCUT2D eigenvalue weighted by Crippen LogP contribution is -2.15. The molecule has 6 nitrogen and oxygen atoms in total. The smallest absolute Gasteiger partial charge is 0.263 e. The second-order valence-electron chi connectivity index (χ2n) is 4.17. The van der Waals surface area contributed by atoms with Crippen molar-refractivity contribution in [1.29, 1.82) is 5.26 Å². The Morgan fingerprint density at radius 2 is 2.05 bits per heavy atom. The molecule has 0 atom stereocenters. The third kappa shape index (κ3) is 2.87. The van der Waals surface area contributed by atoms with Crippen LogP contribution in [0, 0.1) is 18.3 Å². The van der Waals surface area contributed by atoms with Gasteiger partial charge in [0.05, 0.1) is 28.4 Å². The van der Waals surface area contributed by atoms with Gasteiger partial charge in [-0.1, -0.05) is 6.07 Å². The van der Waals surface area contributed by atoms with Gasteiger partial charge in [0.1, 0.15) is 5.82 Å². The van der Waals surface area contributed by atoms with Crippen molar-refractivity contribution < 1.29 is 8.42 Å². The first kappa shape index (κ1) is 13.8. The second kappa shape index (κ2) is 5.19. The summed E-state index contributed by atoms with van der Waals surface area (Å²) >= 11 is 0. The first-order valence-electron chi connectivity index (χ1n) is 5.67. The summed E-state index contributed by atoms with van der Waals surface area (Å²) < 4.78 is 26.9. The molecular formula is C13H12N4O2S. The van der Waals surface area contributed by atoms with Gasteiger partial charge >= 0.3 is 0 Å². The SMILES string of the molecule is Cc1ccc(C#N)cc1S(=O)(=O)Nc1ccc(N)cn1. The maximum atomic E-state index is 12.3. The fourth-order valence-electron chi connectivity index (χ4n) is 1.62. The van der Waals surface area contributed by atoms with Gasteiger partial charge in [0, 0.05) is 0 Å². The van der Waals surface area contributed by atoms with E-state index in [1.807, 2.05) is 6.07 Å². The number of aromatic nitrogens is 1. The standard InChI is InChI=1S/C13H12N4O2S/c1-9-2-3-10(7-14)6-12(9)20(18,19)17-13-5-4-11(15)8-16-13/h2-6,8H,15H2,1H3,(H,16,17). The van der Waals surface area contributed by atoms with Crippen LogP contribution in [0.3, 0.4) is 0 Å². The Kier molecular flexibility index (Phi) is 3.59. The molecule has 2 aromatic rings. The van der Waals surface area contributed by atoms with Crippen LogP contribution in [0.15, 0.2) is 41.4 Å². The van der Waals surface area contributed by atoms with Crippen LogP contribution in [-0.4, -0.2) is 13.4 Å². The first-order valence-corrected chi connectivity index (χ1v) is 7.16. The minimum atomic E-state index is -3.79. The Bertz CT molecular complexity index is 777. The molecule has 1 aromatic carbocycles. The van der Waals surface area contributed by atoms with E-state index in [1.165, 1.54) is 18.3 Å². The van der Waals surface area contributed by atoms with Crippen molar-refractivity contribution in [3.05, 3.63) is 47.7 Å². The highest BCUT2D eigenvalue weighted by molar-refractivity contribution is 7.92. The third-order valence-corrected chi connectivity index (χ3v) is 4.13. The van der Waals surface area contributed by atoms with Crippen LogP contribution in [0.1, 0.15) is 11.1 Å². The number of hydrogen-bond acceptors (Lipinski definition) is 5. The Hall–Kier alpha value is -2.59. The Balaban J connectivity index is 2.40. The zero-order valence-electron chi connectivity index (χ0n) is 10.7. The van der Waals surface area contributed by atoms with Gasteiger partial charge in [0.2, 0.25) is 0 Å². The van der Waals surface area contributed by atoms with Crippen LogP contribution < -0.4 is 10.5 Å². The van der Waals surface area contributed by atoms with E-state index in [0.717, 1.165) is 0 Å². The zero-order chi connectivity index (χ0) is 14.8. The average molecular weight is 288 g/mol. The number of nitriles is 1. The molecule has 1 heterocycles. The molecule has 0 aliphatic carbocycles. The minimum Gasteiger partial charge on any atom is -0.397 e. The Labute approximate surface area is 116 Å². The molecule has 0 aliphatic heterocycles. The number of anilines is 2. The predicted molar refractivity (Wildman–Crippen MR) is 75.4 cm³/mol. The van der Waals surface area contributed by atoms with Gasteiger partial charge < -0.3 is 5.73 Å². The molecule has 7 heteroatoms. The summed E-state index contributed by atoms with van der Waals surface area (Å²) in [6.45, 7) is 1.66. The summed E-state index contributed by atoms with van der Waals surface area (Å²) in [4.78, 5) is 3.93. The summed E-state index contributed by atoms with van der Waals surface area (Å²) in [5, 5.41) is 8.85. The number of nitrogens with two attached hydrogens (primary N) is 1. The van der Waals surface area contributed by atoms with Crippen LogP contribution in [0.4, 0.5) is 11.5 Å². The number of sulfonamides is 1. The van der Waals surface area contributed by atoms with E-state index in [0.29, 0.717) is 11.3 Å². The molecule has 0 bridgehead atoms. The summed E-state index contributed by atoms with van der Waals surface area (Å²) in [7, 11) is -3.79. The van der Waals surface area contributed by atoms with Crippen molar-refractivity contribution in [1.82, 2.24) is 4.98 Å². The van der Waals surface area contributed by atoms with E-state index in [2.05, 4.69) is 9.71 Å². The Morgan fingerprint density at radius 3 is 2.65 bits per heavy atom. The average Bonchev–Trinajstić information content (AvgIpc) is 2.41. The van der Waals surface area contributed by atoms with E-state index in [9.17, 15) is 8.42 Å². The highest BCUT2D eigenvalue weighted by atomic mass is 32.2. The van der Waals surface area contributed by atoms with Gasteiger partial charge in [-0.2, -0.15) is 5.26 Å². The van der Waals surface area contributed by atoms with E-state index in [-0.39, 0.29) is 16.3 Å².